The van der Waals surface area contributed by atoms with Gasteiger partial charge in [0, 0.05) is 0 Å². The Bertz CT molecular complexity index is 880. The maximum absolute atomic E-state index is 12.5. The zero-order valence-corrected chi connectivity index (χ0v) is 17.1. The van der Waals surface area contributed by atoms with Gasteiger partial charge < -0.3 is 0 Å². The Labute approximate surface area is 155 Å². The molecule has 1 N–H and O–H groups in total. The number of carbonyl (C=O) groups excluding carboxylic acids is 1. The summed E-state index contributed by atoms with van der Waals surface area (Å²) in [5.41, 5.74) is 2.45. The van der Waals surface area contributed by atoms with Crippen molar-refractivity contribution < 1.29 is 13.2 Å². The van der Waals surface area contributed by atoms with Crippen molar-refractivity contribution in [1.82, 2.24) is 10.2 Å². The predicted octanol–water partition coefficient (Wildman–Crippen LogP) is 2.67. The van der Waals surface area contributed by atoms with E-state index in [9.17, 15) is 13.2 Å². The molecule has 1 amide bonds. The van der Waals surface area contributed by atoms with Crippen LogP contribution in [0.4, 0.5) is 10.8 Å². The van der Waals surface area contributed by atoms with Crippen LogP contribution in [0.3, 0.4) is 0 Å². The van der Waals surface area contributed by atoms with E-state index in [1.807, 2.05) is 26.2 Å². The van der Waals surface area contributed by atoms with Gasteiger partial charge in [-0.15, -0.1) is 10.2 Å². The number of hydrogen-bond acceptors (Lipinski definition) is 7. The molecule has 0 aliphatic rings. The van der Waals surface area contributed by atoms with Crippen molar-refractivity contribution in [2.45, 2.75) is 31.2 Å². The first kappa shape index (κ1) is 19.7. The van der Waals surface area contributed by atoms with Crippen LogP contribution >= 0.6 is 23.1 Å². The molecule has 2 aromatic rings. The first-order chi connectivity index (χ1) is 11.6. The molecule has 136 valence electrons. The van der Waals surface area contributed by atoms with Gasteiger partial charge in [0.1, 0.15) is 6.04 Å². The highest BCUT2D eigenvalue weighted by Gasteiger charge is 2.29. The third-order valence-electron chi connectivity index (χ3n) is 3.64. The smallest absolute Gasteiger partial charge is 0.249 e. The third kappa shape index (κ3) is 4.71. The molecule has 0 bridgehead atoms. The molecule has 0 fully saturated rings. The second-order valence-corrected chi connectivity index (χ2v) is 9.46. The van der Waals surface area contributed by atoms with E-state index in [1.54, 1.807) is 19.1 Å². The Kier molecular flexibility index (Phi) is 6.07. The van der Waals surface area contributed by atoms with E-state index in [1.165, 1.54) is 23.1 Å². The SMILES string of the molecule is CSc1nnc(NC(=O)[C@H](C)N(c2ccc(C)c(C)c2)S(C)(=O)=O)s1. The summed E-state index contributed by atoms with van der Waals surface area (Å²) in [5, 5.41) is 10.8. The summed E-state index contributed by atoms with van der Waals surface area (Å²) >= 11 is 2.66. The van der Waals surface area contributed by atoms with Crippen molar-refractivity contribution >= 4 is 49.8 Å². The molecule has 2 rings (SSSR count). The molecule has 1 atom stereocenters. The lowest BCUT2D eigenvalue weighted by Crippen LogP contribution is -2.45. The van der Waals surface area contributed by atoms with E-state index in [0.717, 1.165) is 26.0 Å². The summed E-state index contributed by atoms with van der Waals surface area (Å²) < 4.78 is 26.4. The number of nitrogens with zero attached hydrogens (tertiary/aromatic N) is 3. The topological polar surface area (TPSA) is 92.3 Å². The molecule has 1 heterocycles. The lowest BCUT2D eigenvalue weighted by atomic mass is 10.1. The normalized spacial score (nSPS) is 12.7. The quantitative estimate of drug-likeness (QED) is 0.592. The molecule has 25 heavy (non-hydrogen) atoms. The number of benzene rings is 1. The van der Waals surface area contributed by atoms with Gasteiger partial charge in [-0.05, 0) is 50.3 Å². The Morgan fingerprint density at radius 1 is 1.28 bits per heavy atom. The van der Waals surface area contributed by atoms with Gasteiger partial charge in [-0.1, -0.05) is 29.2 Å². The predicted molar refractivity (Wildman–Crippen MR) is 103 cm³/mol. The summed E-state index contributed by atoms with van der Waals surface area (Å²) in [6.45, 7) is 5.39. The van der Waals surface area contributed by atoms with Crippen LogP contribution in [0.15, 0.2) is 22.5 Å². The van der Waals surface area contributed by atoms with Gasteiger partial charge in [0.15, 0.2) is 4.34 Å². The molecule has 0 unspecified atom stereocenters. The average Bonchev–Trinajstić information content (AvgIpc) is 2.97. The van der Waals surface area contributed by atoms with Crippen molar-refractivity contribution in [1.29, 1.82) is 0 Å². The Hall–Kier alpha value is -1.65. The molecule has 7 nitrogen and oxygen atoms in total. The van der Waals surface area contributed by atoms with E-state index in [0.29, 0.717) is 10.8 Å². The van der Waals surface area contributed by atoms with Gasteiger partial charge in [-0.3, -0.25) is 14.4 Å². The van der Waals surface area contributed by atoms with Crippen LogP contribution < -0.4 is 9.62 Å². The minimum absolute atomic E-state index is 0.342. The van der Waals surface area contributed by atoms with E-state index < -0.39 is 22.0 Å². The second-order valence-electron chi connectivity index (χ2n) is 5.57. The minimum Gasteiger partial charge on any atom is -0.299 e. The highest BCUT2D eigenvalue weighted by molar-refractivity contribution is 8.00. The van der Waals surface area contributed by atoms with Gasteiger partial charge in [-0.25, -0.2) is 8.42 Å². The van der Waals surface area contributed by atoms with Crippen LogP contribution in [0, 0.1) is 13.8 Å². The number of rotatable bonds is 6. The van der Waals surface area contributed by atoms with Crippen LogP contribution in [-0.2, 0) is 14.8 Å². The molecule has 0 aliphatic heterocycles. The van der Waals surface area contributed by atoms with E-state index in [-0.39, 0.29) is 0 Å². The van der Waals surface area contributed by atoms with Gasteiger partial charge in [0.05, 0.1) is 11.9 Å². The molecule has 0 saturated carbocycles. The molecule has 0 aliphatic carbocycles. The maximum atomic E-state index is 12.5. The average molecular weight is 401 g/mol. The van der Waals surface area contributed by atoms with E-state index in [4.69, 9.17) is 0 Å². The number of aryl methyl sites for hydroxylation is 2. The van der Waals surface area contributed by atoms with Crippen molar-refractivity contribution in [3.63, 3.8) is 0 Å². The van der Waals surface area contributed by atoms with Crippen molar-refractivity contribution in [3.8, 4) is 0 Å². The lowest BCUT2D eigenvalue weighted by Gasteiger charge is -2.28. The molecule has 0 spiro atoms. The summed E-state index contributed by atoms with van der Waals surface area (Å²) in [6, 6.07) is 4.36. The van der Waals surface area contributed by atoms with Crippen LogP contribution in [0.2, 0.25) is 0 Å². The van der Waals surface area contributed by atoms with Crippen LogP contribution in [0.25, 0.3) is 0 Å². The number of sulfonamides is 1. The number of anilines is 2. The van der Waals surface area contributed by atoms with Crippen molar-refractivity contribution in [2.24, 2.45) is 0 Å². The Morgan fingerprint density at radius 3 is 2.48 bits per heavy atom. The Balaban J connectivity index is 2.30. The summed E-state index contributed by atoms with van der Waals surface area (Å²) in [7, 11) is -3.65. The summed E-state index contributed by atoms with van der Waals surface area (Å²) in [4.78, 5) is 12.5. The fourth-order valence-corrected chi connectivity index (χ4v) is 4.56. The highest BCUT2D eigenvalue weighted by Crippen LogP contribution is 2.26. The Morgan fingerprint density at radius 2 is 1.96 bits per heavy atom. The largest absolute Gasteiger partial charge is 0.299 e. The monoisotopic (exact) mass is 400 g/mol. The van der Waals surface area contributed by atoms with Crippen LogP contribution in [0.5, 0.6) is 0 Å². The number of nitrogens with one attached hydrogen (secondary N) is 1. The van der Waals surface area contributed by atoms with Gasteiger partial charge >= 0.3 is 0 Å². The zero-order valence-electron chi connectivity index (χ0n) is 14.6. The van der Waals surface area contributed by atoms with Gasteiger partial charge in [0.2, 0.25) is 21.1 Å². The van der Waals surface area contributed by atoms with Crippen molar-refractivity contribution in [2.75, 3.05) is 22.1 Å². The zero-order chi connectivity index (χ0) is 18.8. The van der Waals surface area contributed by atoms with Crippen LogP contribution in [-0.4, -0.2) is 43.1 Å². The standard InChI is InChI=1S/C15H20N4O3S3/c1-9-6-7-12(8-10(9)2)19(25(5,21)22)11(3)13(20)16-14-17-18-15(23-4)24-14/h6-8,11H,1-5H3,(H,16,17,20)/t11-/m0/s1. The van der Waals surface area contributed by atoms with Gasteiger partial charge in [-0.2, -0.15) is 0 Å². The number of amides is 1. The number of hydrogen-bond donors (Lipinski definition) is 1. The summed E-state index contributed by atoms with van der Waals surface area (Å²) in [5.74, 6) is -0.465. The fraction of sp³-hybridized carbons (Fsp3) is 0.400. The van der Waals surface area contributed by atoms with Gasteiger partial charge in [0.25, 0.3) is 0 Å². The molecule has 0 radical (unpaired) electrons. The fourth-order valence-electron chi connectivity index (χ4n) is 2.22. The van der Waals surface area contributed by atoms with E-state index >= 15 is 0 Å². The maximum Gasteiger partial charge on any atom is 0.249 e. The molecule has 0 saturated heterocycles. The number of carbonyl (C=O) groups is 1. The second kappa shape index (κ2) is 7.71. The first-order valence-electron chi connectivity index (χ1n) is 7.38. The molecular weight excluding hydrogens is 380 g/mol. The molecule has 1 aromatic heterocycles. The molecule has 1 aromatic carbocycles. The van der Waals surface area contributed by atoms with Crippen LogP contribution in [0.1, 0.15) is 18.1 Å². The highest BCUT2D eigenvalue weighted by atomic mass is 32.2. The van der Waals surface area contributed by atoms with Crippen molar-refractivity contribution in [3.05, 3.63) is 29.3 Å². The number of aromatic nitrogens is 2. The van der Waals surface area contributed by atoms with E-state index in [2.05, 4.69) is 15.5 Å². The number of thioether (sulfide) groups is 1. The third-order valence-corrected chi connectivity index (χ3v) is 6.70. The lowest BCUT2D eigenvalue weighted by molar-refractivity contribution is -0.116. The molecule has 10 heteroatoms. The summed E-state index contributed by atoms with van der Waals surface area (Å²) in [6.07, 6.45) is 2.95. The first-order valence-corrected chi connectivity index (χ1v) is 11.3. The molecular formula is C15H20N4O3S3. The minimum atomic E-state index is -3.65.